The van der Waals surface area contributed by atoms with E-state index in [1.807, 2.05) is 32.0 Å². The maximum Gasteiger partial charge on any atom is 0.223 e. The van der Waals surface area contributed by atoms with Crippen LogP contribution < -0.4 is 5.73 Å². The third kappa shape index (κ3) is 4.34. The molecule has 0 bridgehead atoms. The first-order valence-corrected chi connectivity index (χ1v) is 4.86. The Morgan fingerprint density at radius 3 is 2.27 bits per heavy atom. The van der Waals surface area contributed by atoms with E-state index in [9.17, 15) is 4.79 Å². The van der Waals surface area contributed by atoms with Crippen molar-refractivity contribution in [3.8, 4) is 0 Å². The fraction of sp³-hybridized carbons (Fsp3) is 0.417. The van der Waals surface area contributed by atoms with Gasteiger partial charge in [-0.25, -0.2) is 0 Å². The number of rotatable bonds is 4. The summed E-state index contributed by atoms with van der Waals surface area (Å²) in [5.41, 5.74) is 6.14. The van der Waals surface area contributed by atoms with Gasteiger partial charge in [-0.2, -0.15) is 0 Å². The molecular formula is C12H18ClNO. The van der Waals surface area contributed by atoms with Crippen LogP contribution in [-0.2, 0) is 11.2 Å². The van der Waals surface area contributed by atoms with Gasteiger partial charge in [0.2, 0.25) is 5.91 Å². The Hall–Kier alpha value is -1.02. The number of primary amides is 1. The van der Waals surface area contributed by atoms with Crippen molar-refractivity contribution in [2.45, 2.75) is 26.7 Å². The second kappa shape index (κ2) is 5.76. The zero-order valence-electron chi connectivity index (χ0n) is 9.19. The predicted octanol–water partition coefficient (Wildman–Crippen LogP) is 2.55. The molecule has 1 rings (SSSR count). The molecule has 0 heterocycles. The number of amides is 1. The standard InChI is InChI=1S/C12H17NO.ClH/c1-12(2,11(13)14)9-8-10-6-4-3-5-7-10;/h3-7H,8-9H2,1-2H3,(H2,13,14);1H. The number of benzene rings is 1. The van der Waals surface area contributed by atoms with Gasteiger partial charge in [0.1, 0.15) is 0 Å². The number of hydrogen-bond donors (Lipinski definition) is 1. The lowest BCUT2D eigenvalue weighted by molar-refractivity contribution is -0.126. The number of halogens is 1. The summed E-state index contributed by atoms with van der Waals surface area (Å²) in [6, 6.07) is 10.1. The van der Waals surface area contributed by atoms with E-state index in [0.29, 0.717) is 0 Å². The predicted molar refractivity (Wildman–Crippen MR) is 65.0 cm³/mol. The van der Waals surface area contributed by atoms with E-state index >= 15 is 0 Å². The molecule has 3 heteroatoms. The van der Waals surface area contributed by atoms with E-state index in [0.717, 1.165) is 12.8 Å². The Morgan fingerprint density at radius 2 is 1.80 bits per heavy atom. The molecule has 2 nitrogen and oxygen atoms in total. The van der Waals surface area contributed by atoms with Crippen LogP contribution in [0.3, 0.4) is 0 Å². The summed E-state index contributed by atoms with van der Waals surface area (Å²) in [5.74, 6) is -0.228. The fourth-order valence-electron chi connectivity index (χ4n) is 1.22. The highest BCUT2D eigenvalue weighted by molar-refractivity contribution is 5.85. The summed E-state index contributed by atoms with van der Waals surface area (Å²) in [4.78, 5) is 11.1. The van der Waals surface area contributed by atoms with Crippen molar-refractivity contribution in [1.29, 1.82) is 0 Å². The molecule has 0 fully saturated rings. The summed E-state index contributed by atoms with van der Waals surface area (Å²) in [6.07, 6.45) is 1.70. The van der Waals surface area contributed by atoms with Gasteiger partial charge in [0.25, 0.3) is 0 Å². The second-order valence-electron chi connectivity index (χ2n) is 4.23. The van der Waals surface area contributed by atoms with Crippen molar-refractivity contribution in [2.24, 2.45) is 11.1 Å². The zero-order valence-corrected chi connectivity index (χ0v) is 10.0. The van der Waals surface area contributed by atoms with Gasteiger partial charge in [0.05, 0.1) is 0 Å². The monoisotopic (exact) mass is 227 g/mol. The quantitative estimate of drug-likeness (QED) is 0.844. The lowest BCUT2D eigenvalue weighted by atomic mass is 9.86. The van der Waals surface area contributed by atoms with E-state index < -0.39 is 5.41 Å². The van der Waals surface area contributed by atoms with Gasteiger partial charge in [-0.1, -0.05) is 44.2 Å². The van der Waals surface area contributed by atoms with E-state index in [2.05, 4.69) is 12.1 Å². The molecule has 0 saturated carbocycles. The minimum Gasteiger partial charge on any atom is -0.369 e. The Balaban J connectivity index is 0.00000196. The normalized spacial score (nSPS) is 10.5. The van der Waals surface area contributed by atoms with Gasteiger partial charge in [-0.05, 0) is 18.4 Å². The smallest absolute Gasteiger partial charge is 0.223 e. The molecule has 0 atom stereocenters. The SMILES string of the molecule is CC(C)(CCc1ccccc1)C(N)=O.Cl. The van der Waals surface area contributed by atoms with Crippen molar-refractivity contribution in [1.82, 2.24) is 0 Å². The first-order chi connectivity index (χ1) is 6.52. The number of nitrogens with two attached hydrogens (primary N) is 1. The molecular weight excluding hydrogens is 210 g/mol. The van der Waals surface area contributed by atoms with Crippen molar-refractivity contribution in [3.63, 3.8) is 0 Å². The topological polar surface area (TPSA) is 43.1 Å². The number of carbonyl (C=O) groups excluding carboxylic acids is 1. The Labute approximate surface area is 97.3 Å². The molecule has 1 aromatic rings. The Bertz CT molecular complexity index is 309. The first-order valence-electron chi connectivity index (χ1n) is 4.86. The lowest BCUT2D eigenvalue weighted by Crippen LogP contribution is -2.31. The summed E-state index contributed by atoms with van der Waals surface area (Å²) in [6.45, 7) is 3.77. The number of hydrogen-bond acceptors (Lipinski definition) is 1. The van der Waals surface area contributed by atoms with Crippen LogP contribution in [0, 0.1) is 5.41 Å². The molecule has 0 saturated heterocycles. The highest BCUT2D eigenvalue weighted by Gasteiger charge is 2.23. The summed E-state index contributed by atoms with van der Waals surface area (Å²) < 4.78 is 0. The minimum atomic E-state index is -0.407. The van der Waals surface area contributed by atoms with Crippen LogP contribution in [0.2, 0.25) is 0 Å². The molecule has 0 radical (unpaired) electrons. The van der Waals surface area contributed by atoms with E-state index in [4.69, 9.17) is 5.73 Å². The van der Waals surface area contributed by atoms with Gasteiger partial charge in [0.15, 0.2) is 0 Å². The lowest BCUT2D eigenvalue weighted by Gasteiger charge is -2.19. The Kier molecular flexibility index (Phi) is 5.37. The third-order valence-electron chi connectivity index (χ3n) is 2.55. The van der Waals surface area contributed by atoms with Crippen molar-refractivity contribution in [2.75, 3.05) is 0 Å². The van der Waals surface area contributed by atoms with E-state index in [-0.39, 0.29) is 18.3 Å². The number of carbonyl (C=O) groups is 1. The highest BCUT2D eigenvalue weighted by Crippen LogP contribution is 2.21. The van der Waals surface area contributed by atoms with Crippen LogP contribution in [0.4, 0.5) is 0 Å². The van der Waals surface area contributed by atoms with Gasteiger partial charge in [0, 0.05) is 5.41 Å². The molecule has 0 spiro atoms. The van der Waals surface area contributed by atoms with Crippen molar-refractivity contribution >= 4 is 18.3 Å². The molecule has 0 aliphatic carbocycles. The van der Waals surface area contributed by atoms with Crippen molar-refractivity contribution < 1.29 is 4.79 Å². The minimum absolute atomic E-state index is 0. The van der Waals surface area contributed by atoms with Crippen LogP contribution in [0.25, 0.3) is 0 Å². The molecule has 0 aromatic heterocycles. The molecule has 0 aliphatic heterocycles. The Morgan fingerprint density at radius 1 is 1.27 bits per heavy atom. The largest absolute Gasteiger partial charge is 0.369 e. The maximum absolute atomic E-state index is 11.1. The third-order valence-corrected chi connectivity index (χ3v) is 2.55. The maximum atomic E-state index is 11.1. The molecule has 84 valence electrons. The molecule has 0 unspecified atom stereocenters. The second-order valence-corrected chi connectivity index (χ2v) is 4.23. The van der Waals surface area contributed by atoms with Gasteiger partial charge in [-0.3, -0.25) is 4.79 Å². The average molecular weight is 228 g/mol. The van der Waals surface area contributed by atoms with Crippen LogP contribution in [0.5, 0.6) is 0 Å². The highest BCUT2D eigenvalue weighted by atomic mass is 35.5. The van der Waals surface area contributed by atoms with Crippen LogP contribution in [0.15, 0.2) is 30.3 Å². The zero-order chi connectivity index (χ0) is 10.6. The van der Waals surface area contributed by atoms with Gasteiger partial charge < -0.3 is 5.73 Å². The van der Waals surface area contributed by atoms with Crippen molar-refractivity contribution in [3.05, 3.63) is 35.9 Å². The fourth-order valence-corrected chi connectivity index (χ4v) is 1.22. The summed E-state index contributed by atoms with van der Waals surface area (Å²) in [5, 5.41) is 0. The first kappa shape index (κ1) is 14.0. The van der Waals surface area contributed by atoms with Crippen LogP contribution in [-0.4, -0.2) is 5.91 Å². The molecule has 1 amide bonds. The van der Waals surface area contributed by atoms with E-state index in [1.165, 1.54) is 5.56 Å². The van der Waals surface area contributed by atoms with Crippen LogP contribution in [0.1, 0.15) is 25.8 Å². The molecule has 2 N–H and O–H groups in total. The van der Waals surface area contributed by atoms with Crippen LogP contribution >= 0.6 is 12.4 Å². The molecule has 15 heavy (non-hydrogen) atoms. The molecule has 0 aliphatic rings. The molecule has 1 aromatic carbocycles. The van der Waals surface area contributed by atoms with Gasteiger partial charge in [-0.15, -0.1) is 12.4 Å². The number of aryl methyl sites for hydroxylation is 1. The average Bonchev–Trinajstić information content (AvgIpc) is 2.16. The van der Waals surface area contributed by atoms with E-state index in [1.54, 1.807) is 0 Å². The summed E-state index contributed by atoms with van der Waals surface area (Å²) in [7, 11) is 0. The summed E-state index contributed by atoms with van der Waals surface area (Å²) >= 11 is 0. The van der Waals surface area contributed by atoms with Gasteiger partial charge >= 0.3 is 0 Å².